The van der Waals surface area contributed by atoms with Gasteiger partial charge in [0.2, 0.25) is 0 Å². The Morgan fingerprint density at radius 2 is 1.75 bits per heavy atom. The van der Waals surface area contributed by atoms with Gasteiger partial charge in [-0.25, -0.2) is 4.79 Å². The number of esters is 1. The number of nitro groups is 1. The molecule has 0 atom stereocenters. The number of carbonyl (C=O) groups is 1. The predicted molar refractivity (Wildman–Crippen MR) is 90.7 cm³/mol. The van der Waals surface area contributed by atoms with Crippen molar-refractivity contribution < 1.29 is 14.5 Å². The number of nitrogens with one attached hydrogen (secondary N) is 1. The third-order valence-corrected chi connectivity index (χ3v) is 2.99. The minimum Gasteiger partial charge on any atom is -0.458 e. The number of hydrogen-bond donors (Lipinski definition) is 1. The van der Waals surface area contributed by atoms with Crippen LogP contribution >= 0.6 is 0 Å². The van der Waals surface area contributed by atoms with E-state index in [1.54, 1.807) is 43.3 Å². The van der Waals surface area contributed by atoms with Crippen molar-refractivity contribution in [2.45, 2.75) is 6.92 Å². The van der Waals surface area contributed by atoms with Crippen LogP contribution in [0.1, 0.15) is 6.92 Å². The summed E-state index contributed by atoms with van der Waals surface area (Å²) in [6, 6.07) is 18.1. The summed E-state index contributed by atoms with van der Waals surface area (Å²) >= 11 is 0. The van der Waals surface area contributed by atoms with Crippen molar-refractivity contribution in [3.63, 3.8) is 0 Å². The Balaban J connectivity index is 2.39. The van der Waals surface area contributed by atoms with Crippen molar-refractivity contribution in [1.29, 1.82) is 0 Å². The number of hydrogen-bond acceptors (Lipinski definition) is 6. The molecule has 1 N–H and O–H groups in total. The Bertz CT molecular complexity index is 717. The highest BCUT2D eigenvalue weighted by molar-refractivity contribution is 5.86. The summed E-state index contributed by atoms with van der Waals surface area (Å²) < 4.78 is 4.75. The number of ether oxygens (including phenoxy) is 1. The minimum absolute atomic E-state index is 0.0570. The van der Waals surface area contributed by atoms with Crippen LogP contribution in [0.3, 0.4) is 0 Å². The van der Waals surface area contributed by atoms with E-state index in [0.29, 0.717) is 11.4 Å². The van der Waals surface area contributed by atoms with Crippen molar-refractivity contribution >= 4 is 17.3 Å². The van der Waals surface area contributed by atoms with E-state index in [1.807, 2.05) is 24.3 Å². The minimum atomic E-state index is -0.988. The molecule has 7 heteroatoms. The summed E-state index contributed by atoms with van der Waals surface area (Å²) in [4.78, 5) is 22.3. The van der Waals surface area contributed by atoms with Crippen molar-refractivity contribution in [3.05, 3.63) is 82.7 Å². The summed E-state index contributed by atoms with van der Waals surface area (Å²) in [7, 11) is 0. The normalized spacial score (nSPS) is 10.8. The van der Waals surface area contributed by atoms with E-state index < -0.39 is 16.6 Å². The zero-order valence-electron chi connectivity index (χ0n) is 13.1. The second-order valence-electron chi connectivity index (χ2n) is 4.68. The Kier molecular flexibility index (Phi) is 5.90. The van der Waals surface area contributed by atoms with Gasteiger partial charge in [0, 0.05) is 0 Å². The summed E-state index contributed by atoms with van der Waals surface area (Å²) in [6.45, 7) is 1.65. The lowest BCUT2D eigenvalue weighted by Gasteiger charge is -2.22. The first kappa shape index (κ1) is 17.0. The summed E-state index contributed by atoms with van der Waals surface area (Å²) in [5.74, 6) is -0.988. The largest absolute Gasteiger partial charge is 0.458 e. The quantitative estimate of drug-likeness (QED) is 0.364. The van der Waals surface area contributed by atoms with Gasteiger partial charge in [-0.15, -0.1) is 0 Å². The zero-order valence-corrected chi connectivity index (χ0v) is 13.1. The van der Waals surface area contributed by atoms with E-state index in [0.717, 1.165) is 6.20 Å². The van der Waals surface area contributed by atoms with Crippen LogP contribution in [0.15, 0.2) is 72.6 Å². The van der Waals surface area contributed by atoms with Gasteiger partial charge in [-0.1, -0.05) is 36.4 Å². The van der Waals surface area contributed by atoms with Gasteiger partial charge in [0.1, 0.15) is 6.20 Å². The number of hydrazine groups is 1. The van der Waals surface area contributed by atoms with Gasteiger partial charge < -0.3 is 4.74 Å². The van der Waals surface area contributed by atoms with Crippen LogP contribution < -0.4 is 10.4 Å². The maximum absolute atomic E-state index is 11.8. The predicted octanol–water partition coefficient (Wildman–Crippen LogP) is 3.20. The zero-order chi connectivity index (χ0) is 17.4. The molecule has 0 aliphatic rings. The summed E-state index contributed by atoms with van der Waals surface area (Å²) in [6.07, 6.45) is 1.11. The fraction of sp³-hybridized carbons (Fsp3) is 0.118. The Labute approximate surface area is 139 Å². The number of para-hydroxylation sites is 2. The molecule has 0 aliphatic heterocycles. The average Bonchev–Trinajstić information content (AvgIpc) is 2.60. The number of carbonyl (C=O) groups excluding carboxylic acids is 1. The lowest BCUT2D eigenvalue weighted by Crippen LogP contribution is -2.27. The molecular weight excluding hydrogens is 310 g/mol. The third kappa shape index (κ3) is 4.57. The first-order valence-electron chi connectivity index (χ1n) is 7.31. The Morgan fingerprint density at radius 3 is 2.29 bits per heavy atom. The van der Waals surface area contributed by atoms with Crippen molar-refractivity contribution in [2.24, 2.45) is 0 Å². The number of benzene rings is 2. The molecular formula is C17H17N3O4. The Hall–Kier alpha value is -3.35. The summed E-state index contributed by atoms with van der Waals surface area (Å²) in [5, 5.41) is 12.6. The van der Waals surface area contributed by atoms with Gasteiger partial charge in [-0.2, -0.15) is 0 Å². The van der Waals surface area contributed by atoms with Crippen molar-refractivity contribution in [3.8, 4) is 0 Å². The topological polar surface area (TPSA) is 84.7 Å². The molecule has 2 aromatic rings. The molecule has 0 radical (unpaired) electrons. The lowest BCUT2D eigenvalue weighted by molar-refractivity contribution is -0.421. The van der Waals surface area contributed by atoms with Crippen LogP contribution in [-0.4, -0.2) is 17.5 Å². The SMILES string of the molecule is CCOC(=O)C(=CN(Nc1ccccc1)c1ccccc1)[N+](=O)[O-]. The van der Waals surface area contributed by atoms with Crippen LogP contribution in [0.5, 0.6) is 0 Å². The maximum atomic E-state index is 11.8. The van der Waals surface area contributed by atoms with Gasteiger partial charge in [0.05, 0.1) is 22.9 Å². The van der Waals surface area contributed by atoms with E-state index in [-0.39, 0.29) is 6.61 Å². The van der Waals surface area contributed by atoms with Gasteiger partial charge in [0.25, 0.3) is 0 Å². The van der Waals surface area contributed by atoms with Crippen molar-refractivity contribution in [1.82, 2.24) is 0 Å². The molecule has 0 heterocycles. The van der Waals surface area contributed by atoms with E-state index >= 15 is 0 Å². The number of rotatable bonds is 7. The molecule has 2 rings (SSSR count). The summed E-state index contributed by atoms with van der Waals surface area (Å²) in [5.41, 5.74) is 3.70. The smallest absolute Gasteiger partial charge is 0.411 e. The van der Waals surface area contributed by atoms with Crippen LogP contribution in [0.25, 0.3) is 0 Å². The monoisotopic (exact) mass is 327 g/mol. The molecule has 0 aromatic heterocycles. The van der Waals surface area contributed by atoms with Crippen LogP contribution in [-0.2, 0) is 9.53 Å². The first-order chi connectivity index (χ1) is 11.6. The highest BCUT2D eigenvalue weighted by Gasteiger charge is 2.25. The molecule has 7 nitrogen and oxygen atoms in total. The molecule has 0 saturated heterocycles. The van der Waals surface area contributed by atoms with Gasteiger partial charge in [-0.05, 0) is 31.2 Å². The van der Waals surface area contributed by atoms with Gasteiger partial charge in [-0.3, -0.25) is 20.5 Å². The number of nitrogens with zero attached hydrogens (tertiary/aromatic N) is 2. The van der Waals surface area contributed by atoms with Crippen LogP contribution in [0.4, 0.5) is 11.4 Å². The Morgan fingerprint density at radius 1 is 1.17 bits per heavy atom. The van der Waals surface area contributed by atoms with Crippen LogP contribution in [0.2, 0.25) is 0 Å². The van der Waals surface area contributed by atoms with E-state index in [1.165, 1.54) is 5.01 Å². The van der Waals surface area contributed by atoms with Gasteiger partial charge >= 0.3 is 11.7 Å². The molecule has 0 bridgehead atoms. The standard InChI is InChI=1S/C17H17N3O4/c1-2-24-17(21)16(20(22)23)13-19(15-11-7-4-8-12-15)18-14-9-5-3-6-10-14/h3-13,18H,2H2,1H3. The lowest BCUT2D eigenvalue weighted by atomic mass is 10.3. The first-order valence-corrected chi connectivity index (χ1v) is 7.31. The molecule has 124 valence electrons. The van der Waals surface area contributed by atoms with E-state index in [2.05, 4.69) is 5.43 Å². The molecule has 24 heavy (non-hydrogen) atoms. The van der Waals surface area contributed by atoms with E-state index in [4.69, 9.17) is 4.74 Å². The molecule has 0 amide bonds. The maximum Gasteiger partial charge on any atom is 0.411 e. The number of anilines is 2. The van der Waals surface area contributed by atoms with Gasteiger partial charge in [0.15, 0.2) is 0 Å². The second kappa shape index (κ2) is 8.33. The third-order valence-electron chi connectivity index (χ3n) is 2.99. The fourth-order valence-electron chi connectivity index (χ4n) is 1.91. The molecule has 2 aromatic carbocycles. The average molecular weight is 327 g/mol. The highest BCUT2D eigenvalue weighted by Crippen LogP contribution is 2.18. The molecule has 0 unspecified atom stereocenters. The fourth-order valence-corrected chi connectivity index (χ4v) is 1.91. The van der Waals surface area contributed by atoms with E-state index in [9.17, 15) is 14.9 Å². The molecule has 0 saturated carbocycles. The molecule has 0 fully saturated rings. The molecule has 0 aliphatic carbocycles. The second-order valence-corrected chi connectivity index (χ2v) is 4.68. The molecule has 0 spiro atoms. The highest BCUT2D eigenvalue weighted by atomic mass is 16.6. The van der Waals surface area contributed by atoms with Crippen molar-refractivity contribution in [2.75, 3.05) is 17.0 Å². The van der Waals surface area contributed by atoms with Crippen LogP contribution in [0, 0.1) is 10.1 Å².